The molecule has 2 rings (SSSR count). The lowest BCUT2D eigenvalue weighted by molar-refractivity contribution is 0.447. The van der Waals surface area contributed by atoms with Gasteiger partial charge in [-0.1, -0.05) is 31.5 Å². The summed E-state index contributed by atoms with van der Waals surface area (Å²) in [4.78, 5) is 12.1. The first-order valence-electron chi connectivity index (χ1n) is 7.49. The van der Waals surface area contributed by atoms with E-state index in [1.165, 1.54) is 10.7 Å². The average molecular weight is 301 g/mol. The number of hydrogen-bond acceptors (Lipinski definition) is 4. The number of nitrogens with one attached hydrogen (secondary N) is 1. The molecule has 0 unspecified atom stereocenters. The van der Waals surface area contributed by atoms with Crippen LogP contribution >= 0.6 is 0 Å². The Kier molecular flexibility index (Phi) is 4.98. The molecule has 0 radical (unpaired) electrons. The van der Waals surface area contributed by atoms with Gasteiger partial charge < -0.3 is 10.4 Å². The standard InChI is InChI=1S/C17H23N3O2/c1-11(2)9-18-10-14-16(21)8-17(22)20(19-14)15-6-5-12(3)7-13(15)4/h5-8,11,18,21H,9-10H2,1-4H3. The van der Waals surface area contributed by atoms with E-state index in [0.717, 1.165) is 23.4 Å². The molecule has 1 aromatic carbocycles. The first-order valence-corrected chi connectivity index (χ1v) is 7.49. The van der Waals surface area contributed by atoms with Crippen molar-refractivity contribution in [3.8, 4) is 11.4 Å². The summed E-state index contributed by atoms with van der Waals surface area (Å²) in [5.41, 5.74) is 2.98. The monoisotopic (exact) mass is 301 g/mol. The molecule has 0 saturated heterocycles. The Morgan fingerprint density at radius 1 is 1.27 bits per heavy atom. The van der Waals surface area contributed by atoms with Crippen LogP contribution in [-0.2, 0) is 6.54 Å². The largest absolute Gasteiger partial charge is 0.506 e. The van der Waals surface area contributed by atoms with E-state index in [9.17, 15) is 9.90 Å². The van der Waals surface area contributed by atoms with Gasteiger partial charge >= 0.3 is 0 Å². The highest BCUT2D eigenvalue weighted by Gasteiger charge is 2.11. The third-order valence-corrected chi connectivity index (χ3v) is 3.41. The fourth-order valence-corrected chi connectivity index (χ4v) is 2.30. The van der Waals surface area contributed by atoms with Crippen molar-refractivity contribution < 1.29 is 5.11 Å². The molecule has 0 bridgehead atoms. The van der Waals surface area contributed by atoms with Gasteiger partial charge in [0.1, 0.15) is 11.4 Å². The summed E-state index contributed by atoms with van der Waals surface area (Å²) >= 11 is 0. The second-order valence-electron chi connectivity index (χ2n) is 6.04. The van der Waals surface area contributed by atoms with Crippen molar-refractivity contribution >= 4 is 0 Å². The molecule has 0 fully saturated rings. The highest BCUT2D eigenvalue weighted by atomic mass is 16.3. The van der Waals surface area contributed by atoms with Gasteiger partial charge in [0.05, 0.1) is 5.69 Å². The van der Waals surface area contributed by atoms with E-state index in [-0.39, 0.29) is 11.3 Å². The van der Waals surface area contributed by atoms with Gasteiger partial charge in [-0.2, -0.15) is 9.78 Å². The molecule has 2 aromatic rings. The van der Waals surface area contributed by atoms with Gasteiger partial charge in [-0.25, -0.2) is 0 Å². The van der Waals surface area contributed by atoms with Crippen LogP contribution < -0.4 is 10.9 Å². The summed E-state index contributed by atoms with van der Waals surface area (Å²) in [6, 6.07) is 7.05. The SMILES string of the molecule is Cc1ccc(-n2nc(CNCC(C)C)c(O)cc2=O)c(C)c1. The Morgan fingerprint density at radius 2 is 2.00 bits per heavy atom. The molecule has 5 nitrogen and oxygen atoms in total. The molecule has 0 atom stereocenters. The Morgan fingerprint density at radius 3 is 2.64 bits per heavy atom. The van der Waals surface area contributed by atoms with E-state index < -0.39 is 0 Å². The Hall–Kier alpha value is -2.14. The summed E-state index contributed by atoms with van der Waals surface area (Å²) in [7, 11) is 0. The number of hydrogen-bond donors (Lipinski definition) is 2. The van der Waals surface area contributed by atoms with Crippen LogP contribution in [0.2, 0.25) is 0 Å². The van der Waals surface area contributed by atoms with Gasteiger partial charge in [-0.3, -0.25) is 4.79 Å². The molecule has 2 N–H and O–H groups in total. The van der Waals surface area contributed by atoms with E-state index in [2.05, 4.69) is 24.3 Å². The Bertz CT molecular complexity index is 720. The molecule has 1 aromatic heterocycles. The quantitative estimate of drug-likeness (QED) is 0.889. The minimum atomic E-state index is -0.336. The summed E-state index contributed by atoms with van der Waals surface area (Å²) in [6.07, 6.45) is 0. The third kappa shape index (κ3) is 3.74. The minimum Gasteiger partial charge on any atom is -0.506 e. The van der Waals surface area contributed by atoms with Crippen LogP contribution in [0.3, 0.4) is 0 Å². The number of aromatic hydroxyl groups is 1. The third-order valence-electron chi connectivity index (χ3n) is 3.41. The van der Waals surface area contributed by atoms with E-state index >= 15 is 0 Å². The smallest absolute Gasteiger partial charge is 0.275 e. The normalized spacial score (nSPS) is 11.1. The van der Waals surface area contributed by atoms with Crippen molar-refractivity contribution in [3.05, 3.63) is 51.4 Å². The molecule has 0 saturated carbocycles. The molecule has 1 heterocycles. The van der Waals surface area contributed by atoms with Crippen molar-refractivity contribution in [2.75, 3.05) is 6.54 Å². The van der Waals surface area contributed by atoms with Crippen molar-refractivity contribution in [1.29, 1.82) is 0 Å². The van der Waals surface area contributed by atoms with Crippen LogP contribution in [0.25, 0.3) is 5.69 Å². The fourth-order valence-electron chi connectivity index (χ4n) is 2.30. The maximum atomic E-state index is 12.1. The Balaban J connectivity index is 2.37. The number of aryl methyl sites for hydroxylation is 2. The predicted molar refractivity (Wildman–Crippen MR) is 87.5 cm³/mol. The van der Waals surface area contributed by atoms with Crippen LogP contribution in [0, 0.1) is 19.8 Å². The lowest BCUT2D eigenvalue weighted by atomic mass is 10.1. The zero-order chi connectivity index (χ0) is 16.3. The molecular formula is C17H23N3O2. The number of rotatable bonds is 5. The maximum Gasteiger partial charge on any atom is 0.275 e. The van der Waals surface area contributed by atoms with Crippen LogP contribution in [-0.4, -0.2) is 21.4 Å². The number of aromatic nitrogens is 2. The van der Waals surface area contributed by atoms with Gasteiger partial charge in [-0.15, -0.1) is 0 Å². The first-order chi connectivity index (χ1) is 10.4. The fraction of sp³-hybridized carbons (Fsp3) is 0.412. The van der Waals surface area contributed by atoms with Gasteiger partial charge in [0, 0.05) is 12.6 Å². The summed E-state index contributed by atoms with van der Waals surface area (Å²) in [6.45, 7) is 9.41. The van der Waals surface area contributed by atoms with Crippen LogP contribution in [0.15, 0.2) is 29.1 Å². The zero-order valence-electron chi connectivity index (χ0n) is 13.6. The van der Waals surface area contributed by atoms with Gasteiger partial charge in [0.2, 0.25) is 0 Å². The zero-order valence-corrected chi connectivity index (χ0v) is 13.6. The second-order valence-corrected chi connectivity index (χ2v) is 6.04. The Labute approximate surface area is 130 Å². The number of benzene rings is 1. The highest BCUT2D eigenvalue weighted by molar-refractivity contribution is 5.42. The molecule has 0 amide bonds. The molecule has 0 spiro atoms. The molecule has 118 valence electrons. The van der Waals surface area contributed by atoms with Crippen LogP contribution in [0.5, 0.6) is 5.75 Å². The minimum absolute atomic E-state index is 0.0673. The predicted octanol–water partition coefficient (Wildman–Crippen LogP) is 2.30. The lowest BCUT2D eigenvalue weighted by Gasteiger charge is -2.12. The number of nitrogens with zero attached hydrogens (tertiary/aromatic N) is 2. The molecule has 0 aliphatic heterocycles. The molecule has 0 aliphatic carbocycles. The van der Waals surface area contributed by atoms with Crippen molar-refractivity contribution in [3.63, 3.8) is 0 Å². The summed E-state index contributed by atoms with van der Waals surface area (Å²) in [5.74, 6) is 0.440. The lowest BCUT2D eigenvalue weighted by Crippen LogP contribution is -2.25. The summed E-state index contributed by atoms with van der Waals surface area (Å²) < 4.78 is 1.35. The van der Waals surface area contributed by atoms with Crippen molar-refractivity contribution in [2.45, 2.75) is 34.2 Å². The van der Waals surface area contributed by atoms with Gasteiger partial charge in [0.15, 0.2) is 0 Å². The molecule has 22 heavy (non-hydrogen) atoms. The molecule has 5 heteroatoms. The highest BCUT2D eigenvalue weighted by Crippen LogP contribution is 2.16. The maximum absolute atomic E-state index is 12.1. The molecule has 0 aliphatic rings. The van der Waals surface area contributed by atoms with E-state index in [0.29, 0.717) is 18.2 Å². The van der Waals surface area contributed by atoms with E-state index in [1.54, 1.807) is 0 Å². The van der Waals surface area contributed by atoms with Crippen molar-refractivity contribution in [1.82, 2.24) is 15.1 Å². The van der Waals surface area contributed by atoms with Crippen LogP contribution in [0.1, 0.15) is 30.7 Å². The van der Waals surface area contributed by atoms with E-state index in [4.69, 9.17) is 0 Å². The van der Waals surface area contributed by atoms with Gasteiger partial charge in [-0.05, 0) is 37.9 Å². The van der Waals surface area contributed by atoms with Crippen molar-refractivity contribution in [2.24, 2.45) is 5.92 Å². The summed E-state index contributed by atoms with van der Waals surface area (Å²) in [5, 5.41) is 17.5. The second kappa shape index (κ2) is 6.75. The average Bonchev–Trinajstić information content (AvgIpc) is 2.42. The van der Waals surface area contributed by atoms with Gasteiger partial charge in [0.25, 0.3) is 5.56 Å². The van der Waals surface area contributed by atoms with Crippen LogP contribution in [0.4, 0.5) is 0 Å². The topological polar surface area (TPSA) is 67.2 Å². The first kappa shape index (κ1) is 16.2. The molecular weight excluding hydrogens is 278 g/mol. The van der Waals surface area contributed by atoms with E-state index in [1.807, 2.05) is 32.0 Å².